The second-order valence-electron chi connectivity index (χ2n) is 6.99. The molecule has 1 heterocycles. The Morgan fingerprint density at radius 2 is 2.04 bits per heavy atom. The number of carbonyl (C=O) groups excluding carboxylic acids is 1. The van der Waals surface area contributed by atoms with Crippen molar-refractivity contribution in [1.29, 1.82) is 0 Å². The van der Waals surface area contributed by atoms with E-state index in [1.54, 1.807) is 7.11 Å². The molecule has 0 radical (unpaired) electrons. The molecule has 1 atom stereocenters. The molecule has 3 aromatic rings. The SMILES string of the molecule is COc1ccc(C(NC(=O)Cn2cnc3ccc(F)cc3c2=O)C2CC2)cc1. The first-order valence-electron chi connectivity index (χ1n) is 9.13. The van der Waals surface area contributed by atoms with Gasteiger partial charge < -0.3 is 10.1 Å². The summed E-state index contributed by atoms with van der Waals surface area (Å²) in [5, 5.41) is 3.18. The van der Waals surface area contributed by atoms with E-state index in [-0.39, 0.29) is 23.9 Å². The molecule has 0 saturated heterocycles. The highest BCUT2D eigenvalue weighted by Crippen LogP contribution is 2.41. The summed E-state index contributed by atoms with van der Waals surface area (Å²) in [6.45, 7) is -0.169. The van der Waals surface area contributed by atoms with Crippen LogP contribution in [0.25, 0.3) is 10.9 Å². The lowest BCUT2D eigenvalue weighted by molar-refractivity contribution is -0.122. The van der Waals surface area contributed by atoms with Gasteiger partial charge in [0.05, 0.1) is 30.4 Å². The van der Waals surface area contributed by atoms with Gasteiger partial charge >= 0.3 is 0 Å². The zero-order chi connectivity index (χ0) is 19.7. The zero-order valence-corrected chi connectivity index (χ0v) is 15.4. The molecule has 6 nitrogen and oxygen atoms in total. The van der Waals surface area contributed by atoms with Crippen LogP contribution in [0, 0.1) is 11.7 Å². The molecule has 1 N–H and O–H groups in total. The third-order valence-electron chi connectivity index (χ3n) is 4.98. The highest BCUT2D eigenvalue weighted by atomic mass is 19.1. The number of amides is 1. The van der Waals surface area contributed by atoms with Gasteiger partial charge in [-0.3, -0.25) is 14.2 Å². The standard InChI is InChI=1S/C21H20FN3O3/c1-28-16-7-4-14(5-8-16)20(13-2-3-13)24-19(26)11-25-12-23-18-9-6-15(22)10-17(18)21(25)27/h4-10,12-13,20H,2-3,11H2,1H3,(H,24,26). The van der Waals surface area contributed by atoms with Crippen LogP contribution in [-0.4, -0.2) is 22.6 Å². The van der Waals surface area contributed by atoms with E-state index in [1.165, 1.54) is 23.0 Å². The molecule has 1 aliphatic carbocycles. The number of benzene rings is 2. The Kier molecular flexibility index (Phi) is 4.81. The van der Waals surface area contributed by atoms with Crippen LogP contribution in [0.2, 0.25) is 0 Å². The van der Waals surface area contributed by atoms with E-state index in [0.29, 0.717) is 11.4 Å². The molecule has 1 amide bonds. The van der Waals surface area contributed by atoms with E-state index < -0.39 is 11.4 Å². The second kappa shape index (κ2) is 7.42. The number of hydrogen-bond donors (Lipinski definition) is 1. The first kappa shape index (κ1) is 18.2. The van der Waals surface area contributed by atoms with Crippen molar-refractivity contribution in [3.63, 3.8) is 0 Å². The monoisotopic (exact) mass is 381 g/mol. The second-order valence-corrected chi connectivity index (χ2v) is 6.99. The molecule has 1 saturated carbocycles. The number of fused-ring (bicyclic) bond motifs is 1. The lowest BCUT2D eigenvalue weighted by atomic mass is 10.0. The molecule has 28 heavy (non-hydrogen) atoms. The van der Waals surface area contributed by atoms with Gasteiger partial charge in [-0.25, -0.2) is 9.37 Å². The Hall–Kier alpha value is -3.22. The average Bonchev–Trinajstić information content (AvgIpc) is 3.54. The zero-order valence-electron chi connectivity index (χ0n) is 15.4. The number of rotatable bonds is 6. The van der Waals surface area contributed by atoms with E-state index in [2.05, 4.69) is 10.3 Å². The Bertz CT molecular complexity index is 1070. The van der Waals surface area contributed by atoms with Crippen molar-refractivity contribution in [3.8, 4) is 5.75 Å². The first-order chi connectivity index (χ1) is 13.5. The fraction of sp³-hybridized carbons (Fsp3) is 0.286. The van der Waals surface area contributed by atoms with Crippen LogP contribution >= 0.6 is 0 Å². The molecule has 1 fully saturated rings. The Morgan fingerprint density at radius 1 is 1.29 bits per heavy atom. The minimum absolute atomic E-state index is 0.111. The molecule has 2 aromatic carbocycles. The molecule has 144 valence electrons. The van der Waals surface area contributed by atoms with E-state index in [9.17, 15) is 14.0 Å². The summed E-state index contributed by atoms with van der Waals surface area (Å²) in [6.07, 6.45) is 3.42. The molecular formula is C21H20FN3O3. The van der Waals surface area contributed by atoms with Crippen LogP contribution in [0.1, 0.15) is 24.4 Å². The van der Waals surface area contributed by atoms with Crippen LogP contribution in [0.5, 0.6) is 5.75 Å². The number of aromatic nitrogens is 2. The van der Waals surface area contributed by atoms with Crippen LogP contribution < -0.4 is 15.6 Å². The van der Waals surface area contributed by atoms with Crippen molar-refractivity contribution in [1.82, 2.24) is 14.9 Å². The quantitative estimate of drug-likeness (QED) is 0.713. The highest BCUT2D eigenvalue weighted by Gasteiger charge is 2.33. The van der Waals surface area contributed by atoms with Crippen molar-refractivity contribution >= 4 is 16.8 Å². The Balaban J connectivity index is 1.53. The van der Waals surface area contributed by atoms with Gasteiger partial charge in [-0.05, 0) is 54.7 Å². The van der Waals surface area contributed by atoms with Crippen molar-refractivity contribution in [2.24, 2.45) is 5.92 Å². The number of halogens is 1. The van der Waals surface area contributed by atoms with Crippen LogP contribution in [0.15, 0.2) is 53.6 Å². The summed E-state index contributed by atoms with van der Waals surface area (Å²) in [6, 6.07) is 11.3. The largest absolute Gasteiger partial charge is 0.497 e. The van der Waals surface area contributed by atoms with Gasteiger partial charge in [-0.2, -0.15) is 0 Å². The Morgan fingerprint density at radius 3 is 2.71 bits per heavy atom. The highest BCUT2D eigenvalue weighted by molar-refractivity contribution is 5.79. The Labute approximate surface area is 161 Å². The minimum atomic E-state index is -0.512. The molecule has 1 aromatic heterocycles. The fourth-order valence-electron chi connectivity index (χ4n) is 3.33. The van der Waals surface area contributed by atoms with Crippen molar-refractivity contribution in [2.75, 3.05) is 7.11 Å². The van der Waals surface area contributed by atoms with Crippen LogP contribution in [0.3, 0.4) is 0 Å². The van der Waals surface area contributed by atoms with Gasteiger partial charge in [0, 0.05) is 0 Å². The fourth-order valence-corrected chi connectivity index (χ4v) is 3.33. The number of nitrogens with one attached hydrogen (secondary N) is 1. The molecule has 0 spiro atoms. The predicted octanol–water partition coefficient (Wildman–Crippen LogP) is 2.81. The van der Waals surface area contributed by atoms with Gasteiger partial charge in [0.2, 0.25) is 5.91 Å². The smallest absolute Gasteiger partial charge is 0.261 e. The maximum atomic E-state index is 13.5. The van der Waals surface area contributed by atoms with E-state index in [1.807, 2.05) is 24.3 Å². The third-order valence-corrected chi connectivity index (χ3v) is 4.98. The van der Waals surface area contributed by atoms with Crippen molar-refractivity contribution < 1.29 is 13.9 Å². The molecule has 7 heteroatoms. The normalized spacial score (nSPS) is 14.6. The topological polar surface area (TPSA) is 73.2 Å². The number of carbonyl (C=O) groups is 1. The number of hydrogen-bond acceptors (Lipinski definition) is 4. The van der Waals surface area contributed by atoms with Gasteiger partial charge in [-0.15, -0.1) is 0 Å². The van der Waals surface area contributed by atoms with Crippen molar-refractivity contribution in [3.05, 3.63) is 70.5 Å². The lowest BCUT2D eigenvalue weighted by Gasteiger charge is -2.19. The summed E-state index contributed by atoms with van der Waals surface area (Å²) in [4.78, 5) is 29.3. The van der Waals surface area contributed by atoms with E-state index in [4.69, 9.17) is 4.74 Å². The molecule has 1 aliphatic rings. The lowest BCUT2D eigenvalue weighted by Crippen LogP contribution is -2.35. The molecule has 0 aliphatic heterocycles. The van der Waals surface area contributed by atoms with E-state index >= 15 is 0 Å². The number of nitrogens with zero attached hydrogens (tertiary/aromatic N) is 2. The van der Waals surface area contributed by atoms with Crippen LogP contribution in [0.4, 0.5) is 4.39 Å². The summed E-state index contributed by atoms with van der Waals surface area (Å²) < 4.78 is 19.8. The summed E-state index contributed by atoms with van der Waals surface area (Å²) in [5.41, 5.74) is 0.965. The maximum Gasteiger partial charge on any atom is 0.261 e. The number of ether oxygens (including phenoxy) is 1. The molecule has 1 unspecified atom stereocenters. The van der Waals surface area contributed by atoms with E-state index in [0.717, 1.165) is 30.2 Å². The summed E-state index contributed by atoms with van der Waals surface area (Å²) in [5.74, 6) is 0.345. The van der Waals surface area contributed by atoms with Gasteiger partial charge in [0.15, 0.2) is 0 Å². The molecular weight excluding hydrogens is 361 g/mol. The summed E-state index contributed by atoms with van der Waals surface area (Å²) >= 11 is 0. The molecule has 4 rings (SSSR count). The predicted molar refractivity (Wildman–Crippen MR) is 103 cm³/mol. The van der Waals surface area contributed by atoms with Crippen LogP contribution in [-0.2, 0) is 11.3 Å². The molecule has 0 bridgehead atoms. The maximum absolute atomic E-state index is 13.5. The first-order valence-corrected chi connectivity index (χ1v) is 9.13. The van der Waals surface area contributed by atoms with Gasteiger partial charge in [-0.1, -0.05) is 12.1 Å². The van der Waals surface area contributed by atoms with Gasteiger partial charge in [0.25, 0.3) is 5.56 Å². The van der Waals surface area contributed by atoms with Crippen molar-refractivity contribution in [2.45, 2.75) is 25.4 Å². The van der Waals surface area contributed by atoms with Gasteiger partial charge in [0.1, 0.15) is 18.1 Å². The minimum Gasteiger partial charge on any atom is -0.497 e. The number of methoxy groups -OCH3 is 1. The summed E-state index contributed by atoms with van der Waals surface area (Å²) in [7, 11) is 1.61. The average molecular weight is 381 g/mol. The third kappa shape index (κ3) is 3.74.